The SMILES string of the molecule is COc1ccc2c(c1)sc1nc(-c3ccc4c(c3)OCO4)c(C3C(=O)Oc4ccccc4C3O)n12. The highest BCUT2D eigenvalue weighted by atomic mass is 32.1. The molecule has 3 aromatic carbocycles. The molecule has 0 saturated carbocycles. The molecular weight excluding hydrogens is 468 g/mol. The Morgan fingerprint density at radius 3 is 2.80 bits per heavy atom. The minimum absolute atomic E-state index is 0.154. The molecule has 0 aliphatic carbocycles. The monoisotopic (exact) mass is 486 g/mol. The highest BCUT2D eigenvalue weighted by Gasteiger charge is 2.42. The predicted molar refractivity (Wildman–Crippen MR) is 128 cm³/mol. The number of nitrogens with zero attached hydrogens (tertiary/aromatic N) is 2. The van der Waals surface area contributed by atoms with Crippen LogP contribution < -0.4 is 18.9 Å². The van der Waals surface area contributed by atoms with E-state index in [9.17, 15) is 9.90 Å². The van der Waals surface area contributed by atoms with Crippen LogP contribution in [0.1, 0.15) is 23.3 Å². The molecule has 0 spiro atoms. The van der Waals surface area contributed by atoms with Gasteiger partial charge in [0.2, 0.25) is 6.79 Å². The van der Waals surface area contributed by atoms with Gasteiger partial charge in [-0.05, 0) is 42.5 Å². The van der Waals surface area contributed by atoms with Crippen LogP contribution in [-0.2, 0) is 4.79 Å². The first-order valence-electron chi connectivity index (χ1n) is 11.0. The zero-order chi connectivity index (χ0) is 23.7. The molecule has 8 nitrogen and oxygen atoms in total. The summed E-state index contributed by atoms with van der Waals surface area (Å²) in [5, 5.41) is 11.4. The van der Waals surface area contributed by atoms with Crippen LogP contribution in [0.5, 0.6) is 23.0 Å². The molecule has 1 N–H and O–H groups in total. The van der Waals surface area contributed by atoms with Crippen molar-refractivity contribution in [3.8, 4) is 34.3 Å². The van der Waals surface area contributed by atoms with Gasteiger partial charge in [0, 0.05) is 11.1 Å². The third-order valence-electron chi connectivity index (χ3n) is 6.45. The number of para-hydroxylation sites is 1. The van der Waals surface area contributed by atoms with Crippen LogP contribution >= 0.6 is 11.3 Å². The summed E-state index contributed by atoms with van der Waals surface area (Å²) >= 11 is 1.48. The number of benzene rings is 3. The predicted octanol–water partition coefficient (Wildman–Crippen LogP) is 4.69. The second kappa shape index (κ2) is 7.46. The average Bonchev–Trinajstić information content (AvgIpc) is 3.57. The number of aromatic nitrogens is 2. The van der Waals surface area contributed by atoms with Crippen molar-refractivity contribution in [1.29, 1.82) is 0 Å². The second-order valence-corrected chi connectivity index (χ2v) is 9.36. The van der Waals surface area contributed by atoms with Crippen molar-refractivity contribution in [2.45, 2.75) is 12.0 Å². The third kappa shape index (κ3) is 2.95. The Morgan fingerprint density at radius 1 is 1.06 bits per heavy atom. The zero-order valence-corrected chi connectivity index (χ0v) is 19.2. The topological polar surface area (TPSA) is 91.5 Å². The standard InChI is InChI=1S/C26H18N2O6S/c1-31-14-7-8-16-20(11-14)35-26-27-22(13-6-9-18-19(10-13)33-12-32-18)23(28(16)26)21-24(29)15-4-2-3-5-17(15)34-25(21)30/h2-11,21,24,29H,12H2,1H3. The van der Waals surface area contributed by atoms with E-state index < -0.39 is 18.0 Å². The first-order valence-corrected chi connectivity index (χ1v) is 11.8. The Bertz CT molecular complexity index is 1650. The molecular formula is C26H18N2O6S. The Morgan fingerprint density at radius 2 is 1.91 bits per heavy atom. The first kappa shape index (κ1) is 20.3. The molecule has 0 saturated heterocycles. The second-order valence-electron chi connectivity index (χ2n) is 8.35. The van der Waals surface area contributed by atoms with Crippen molar-refractivity contribution in [3.05, 3.63) is 71.9 Å². The summed E-state index contributed by atoms with van der Waals surface area (Å²) in [6, 6.07) is 18.3. The number of hydrogen-bond acceptors (Lipinski definition) is 8. The quantitative estimate of drug-likeness (QED) is 0.292. The fourth-order valence-corrected chi connectivity index (χ4v) is 5.86. The Labute approximate surface area is 202 Å². The smallest absolute Gasteiger partial charge is 0.323 e. The van der Waals surface area contributed by atoms with E-state index in [-0.39, 0.29) is 6.79 Å². The summed E-state index contributed by atoms with van der Waals surface area (Å²) in [5.74, 6) is 0.835. The van der Waals surface area contributed by atoms with Crippen LogP contribution in [0, 0.1) is 0 Å². The first-order chi connectivity index (χ1) is 17.1. The molecule has 2 atom stereocenters. The van der Waals surface area contributed by atoms with Gasteiger partial charge in [0.15, 0.2) is 16.5 Å². The van der Waals surface area contributed by atoms with Gasteiger partial charge in [-0.1, -0.05) is 29.5 Å². The molecule has 174 valence electrons. The molecule has 9 heteroatoms. The van der Waals surface area contributed by atoms with E-state index in [4.69, 9.17) is 23.9 Å². The highest BCUT2D eigenvalue weighted by Crippen LogP contribution is 2.47. The van der Waals surface area contributed by atoms with Crippen LogP contribution in [0.4, 0.5) is 0 Å². The van der Waals surface area contributed by atoms with E-state index in [1.54, 1.807) is 25.3 Å². The minimum Gasteiger partial charge on any atom is -0.497 e. The lowest BCUT2D eigenvalue weighted by Gasteiger charge is -2.28. The zero-order valence-electron chi connectivity index (χ0n) is 18.4. The molecule has 0 bridgehead atoms. The van der Waals surface area contributed by atoms with Crippen LogP contribution in [0.2, 0.25) is 0 Å². The van der Waals surface area contributed by atoms with E-state index in [0.29, 0.717) is 39.2 Å². The van der Waals surface area contributed by atoms with Gasteiger partial charge in [-0.3, -0.25) is 9.20 Å². The highest BCUT2D eigenvalue weighted by molar-refractivity contribution is 7.23. The van der Waals surface area contributed by atoms with E-state index in [2.05, 4.69) is 0 Å². The minimum atomic E-state index is -1.10. The average molecular weight is 487 g/mol. The number of aliphatic hydroxyl groups is 1. The van der Waals surface area contributed by atoms with Crippen LogP contribution in [0.3, 0.4) is 0 Å². The number of imidazole rings is 1. The number of esters is 1. The lowest BCUT2D eigenvalue weighted by Crippen LogP contribution is -2.31. The van der Waals surface area contributed by atoms with Crippen molar-refractivity contribution >= 4 is 32.5 Å². The summed E-state index contributed by atoms with van der Waals surface area (Å²) in [5.41, 5.74) is 3.31. The molecule has 0 amide bonds. The molecule has 5 aromatic rings. The Kier molecular flexibility index (Phi) is 4.33. The van der Waals surface area contributed by atoms with Gasteiger partial charge in [-0.15, -0.1) is 0 Å². The fraction of sp³-hybridized carbons (Fsp3) is 0.154. The van der Waals surface area contributed by atoms with Crippen LogP contribution in [0.25, 0.3) is 26.4 Å². The molecule has 2 aliphatic rings. The van der Waals surface area contributed by atoms with Crippen molar-refractivity contribution in [2.24, 2.45) is 0 Å². The molecule has 2 aromatic heterocycles. The normalized spacial score (nSPS) is 18.6. The third-order valence-corrected chi connectivity index (χ3v) is 7.45. The summed E-state index contributed by atoms with van der Waals surface area (Å²) in [6.45, 7) is 0.154. The summed E-state index contributed by atoms with van der Waals surface area (Å²) in [6.07, 6.45) is -1.10. The Hall–Kier alpha value is -4.08. The maximum Gasteiger partial charge on any atom is 0.323 e. The van der Waals surface area contributed by atoms with Gasteiger partial charge in [0.25, 0.3) is 0 Å². The van der Waals surface area contributed by atoms with E-state index in [0.717, 1.165) is 21.5 Å². The number of thiazole rings is 1. The number of carbonyl (C=O) groups is 1. The number of carbonyl (C=O) groups excluding carboxylic acids is 1. The molecule has 2 unspecified atom stereocenters. The number of aliphatic hydroxyl groups excluding tert-OH is 1. The Balaban J connectivity index is 1.51. The summed E-state index contributed by atoms with van der Waals surface area (Å²) in [4.78, 5) is 19.0. The molecule has 35 heavy (non-hydrogen) atoms. The molecule has 7 rings (SSSR count). The number of hydrogen-bond donors (Lipinski definition) is 1. The number of fused-ring (bicyclic) bond motifs is 5. The van der Waals surface area contributed by atoms with Gasteiger partial charge in [-0.2, -0.15) is 0 Å². The molecule has 0 fully saturated rings. The van der Waals surface area contributed by atoms with Gasteiger partial charge in [0.05, 0.1) is 28.7 Å². The van der Waals surface area contributed by atoms with Gasteiger partial charge >= 0.3 is 5.97 Å². The van der Waals surface area contributed by atoms with Gasteiger partial charge in [-0.25, -0.2) is 4.98 Å². The maximum atomic E-state index is 13.4. The number of ether oxygens (including phenoxy) is 4. The largest absolute Gasteiger partial charge is 0.497 e. The van der Waals surface area contributed by atoms with Crippen molar-refractivity contribution in [2.75, 3.05) is 13.9 Å². The van der Waals surface area contributed by atoms with E-state index >= 15 is 0 Å². The number of methoxy groups -OCH3 is 1. The lowest BCUT2D eigenvalue weighted by atomic mass is 9.88. The molecule has 2 aliphatic heterocycles. The van der Waals surface area contributed by atoms with Gasteiger partial charge in [0.1, 0.15) is 23.5 Å². The molecule has 4 heterocycles. The van der Waals surface area contributed by atoms with Crippen LogP contribution in [0.15, 0.2) is 60.7 Å². The lowest BCUT2D eigenvalue weighted by molar-refractivity contribution is -0.141. The van der Waals surface area contributed by atoms with Crippen molar-refractivity contribution in [3.63, 3.8) is 0 Å². The summed E-state index contributed by atoms with van der Waals surface area (Å²) < 4.78 is 25.0. The van der Waals surface area contributed by atoms with E-state index in [1.807, 2.05) is 46.9 Å². The van der Waals surface area contributed by atoms with Crippen molar-refractivity contribution in [1.82, 2.24) is 9.38 Å². The van der Waals surface area contributed by atoms with E-state index in [1.165, 1.54) is 11.3 Å². The van der Waals surface area contributed by atoms with Crippen molar-refractivity contribution < 1.29 is 28.8 Å². The summed E-state index contributed by atoms with van der Waals surface area (Å²) in [7, 11) is 1.62. The number of rotatable bonds is 3. The van der Waals surface area contributed by atoms with Gasteiger partial charge < -0.3 is 24.1 Å². The fourth-order valence-electron chi connectivity index (χ4n) is 4.80. The maximum absolute atomic E-state index is 13.4. The van der Waals surface area contributed by atoms with Crippen LogP contribution in [-0.4, -0.2) is 34.4 Å². The molecule has 0 radical (unpaired) electrons.